The second-order valence-electron chi connectivity index (χ2n) is 5.63. The minimum absolute atomic E-state index is 0.0185. The van der Waals surface area contributed by atoms with E-state index in [-0.39, 0.29) is 5.91 Å². The molecule has 1 aromatic carbocycles. The van der Waals surface area contributed by atoms with Crippen LogP contribution in [0.15, 0.2) is 36.7 Å². The summed E-state index contributed by atoms with van der Waals surface area (Å²) in [5.41, 5.74) is 1.38. The fourth-order valence-corrected chi connectivity index (χ4v) is 2.75. The number of carbonyl (C=O) groups excluding carboxylic acids is 1. The molecule has 1 saturated heterocycles. The first-order valence-electron chi connectivity index (χ1n) is 7.86. The Bertz CT molecular complexity index is 649. The molecule has 1 aromatic heterocycles. The van der Waals surface area contributed by atoms with Crippen LogP contribution in [-0.2, 0) is 0 Å². The molecule has 1 fully saturated rings. The van der Waals surface area contributed by atoms with Crippen molar-refractivity contribution < 1.29 is 4.79 Å². The number of hydrogen-bond acceptors (Lipinski definition) is 4. The van der Waals surface area contributed by atoms with Crippen LogP contribution in [0, 0.1) is 0 Å². The molecule has 1 aliphatic rings. The van der Waals surface area contributed by atoms with E-state index in [1.54, 1.807) is 24.5 Å². The van der Waals surface area contributed by atoms with Crippen LogP contribution in [0.1, 0.15) is 36.0 Å². The number of benzene rings is 1. The minimum atomic E-state index is 0.0185. The maximum Gasteiger partial charge on any atom is 0.256 e. The lowest BCUT2D eigenvalue weighted by molar-refractivity contribution is 0.0761. The third-order valence-corrected chi connectivity index (χ3v) is 4.14. The van der Waals surface area contributed by atoms with Crippen molar-refractivity contribution >= 4 is 29.1 Å². The summed E-state index contributed by atoms with van der Waals surface area (Å²) in [6, 6.07) is 7.28. The molecule has 0 atom stereocenters. The molecule has 1 amide bonds. The third-order valence-electron chi connectivity index (χ3n) is 3.89. The summed E-state index contributed by atoms with van der Waals surface area (Å²) in [5.74, 6) is 0.477. The first-order chi connectivity index (χ1) is 11.2. The fraction of sp³-hybridized carbons (Fsp3) is 0.353. The number of anilines is 2. The average molecular weight is 331 g/mol. The van der Waals surface area contributed by atoms with Crippen LogP contribution in [0.4, 0.5) is 11.6 Å². The van der Waals surface area contributed by atoms with E-state index in [0.717, 1.165) is 31.6 Å². The van der Waals surface area contributed by atoms with Crippen molar-refractivity contribution in [3.8, 4) is 0 Å². The van der Waals surface area contributed by atoms with E-state index in [2.05, 4.69) is 15.3 Å². The highest BCUT2D eigenvalue weighted by molar-refractivity contribution is 6.30. The summed E-state index contributed by atoms with van der Waals surface area (Å²) in [4.78, 5) is 22.8. The topological polar surface area (TPSA) is 58.1 Å². The molecule has 0 bridgehead atoms. The van der Waals surface area contributed by atoms with Crippen LogP contribution in [0.3, 0.4) is 0 Å². The Morgan fingerprint density at radius 3 is 2.22 bits per heavy atom. The summed E-state index contributed by atoms with van der Waals surface area (Å²) in [7, 11) is 0. The van der Waals surface area contributed by atoms with Crippen molar-refractivity contribution in [2.75, 3.05) is 18.4 Å². The normalized spacial score (nSPS) is 15.1. The van der Waals surface area contributed by atoms with Crippen LogP contribution in [0.5, 0.6) is 0 Å². The van der Waals surface area contributed by atoms with Crippen LogP contribution in [0.2, 0.25) is 5.02 Å². The lowest BCUT2D eigenvalue weighted by Crippen LogP contribution is -2.32. The molecule has 3 rings (SSSR count). The maximum atomic E-state index is 12.5. The molecule has 5 nitrogen and oxygen atoms in total. The fourth-order valence-electron chi connectivity index (χ4n) is 2.62. The molecule has 23 heavy (non-hydrogen) atoms. The van der Waals surface area contributed by atoms with Gasteiger partial charge in [-0.15, -0.1) is 0 Å². The molecular weight excluding hydrogens is 312 g/mol. The molecule has 2 heterocycles. The third kappa shape index (κ3) is 4.20. The van der Waals surface area contributed by atoms with Crippen molar-refractivity contribution in [2.24, 2.45) is 0 Å². The standard InChI is InChI=1S/C17H19ClN4O/c18-14-5-7-15(8-6-14)21-17-19-11-13(12-20-17)16(23)22-9-3-1-2-4-10-22/h5-8,11-12H,1-4,9-10H2,(H,19,20,21). The van der Waals surface area contributed by atoms with Crippen LogP contribution in [-0.4, -0.2) is 33.9 Å². The number of hydrogen-bond donors (Lipinski definition) is 1. The van der Waals surface area contributed by atoms with Gasteiger partial charge in [-0.1, -0.05) is 24.4 Å². The summed E-state index contributed by atoms with van der Waals surface area (Å²) >= 11 is 5.85. The van der Waals surface area contributed by atoms with E-state index in [9.17, 15) is 4.79 Å². The Kier molecular flexibility index (Phi) is 5.08. The van der Waals surface area contributed by atoms with E-state index in [1.165, 1.54) is 12.8 Å². The SMILES string of the molecule is O=C(c1cnc(Nc2ccc(Cl)cc2)nc1)N1CCCCCC1. The molecule has 2 aromatic rings. The van der Waals surface area contributed by atoms with Crippen molar-refractivity contribution in [2.45, 2.75) is 25.7 Å². The summed E-state index contributed by atoms with van der Waals surface area (Å²) in [6.45, 7) is 1.65. The highest BCUT2D eigenvalue weighted by atomic mass is 35.5. The number of carbonyl (C=O) groups is 1. The number of rotatable bonds is 3. The number of halogens is 1. The van der Waals surface area contributed by atoms with Gasteiger partial charge in [0.25, 0.3) is 5.91 Å². The van der Waals surface area contributed by atoms with Gasteiger partial charge in [0.2, 0.25) is 5.95 Å². The van der Waals surface area contributed by atoms with E-state index in [4.69, 9.17) is 11.6 Å². The number of amides is 1. The minimum Gasteiger partial charge on any atom is -0.339 e. The molecule has 0 unspecified atom stereocenters. The molecule has 0 aliphatic carbocycles. The van der Waals surface area contributed by atoms with Gasteiger partial charge in [0, 0.05) is 36.2 Å². The average Bonchev–Trinajstić information content (AvgIpc) is 2.86. The zero-order valence-corrected chi connectivity index (χ0v) is 13.6. The van der Waals surface area contributed by atoms with Crippen LogP contribution < -0.4 is 5.32 Å². The van der Waals surface area contributed by atoms with Gasteiger partial charge in [0.1, 0.15) is 0 Å². The van der Waals surface area contributed by atoms with Crippen molar-refractivity contribution in [1.82, 2.24) is 14.9 Å². The second-order valence-corrected chi connectivity index (χ2v) is 6.07. The Morgan fingerprint density at radius 1 is 1.00 bits per heavy atom. The quantitative estimate of drug-likeness (QED) is 0.927. The lowest BCUT2D eigenvalue weighted by Gasteiger charge is -2.19. The predicted molar refractivity (Wildman–Crippen MR) is 91.1 cm³/mol. The number of nitrogens with zero attached hydrogens (tertiary/aromatic N) is 3. The first kappa shape index (κ1) is 15.7. The van der Waals surface area contributed by atoms with Gasteiger partial charge in [0.05, 0.1) is 5.56 Å². The molecule has 6 heteroatoms. The van der Waals surface area contributed by atoms with E-state index >= 15 is 0 Å². The lowest BCUT2D eigenvalue weighted by atomic mass is 10.2. The second kappa shape index (κ2) is 7.42. The summed E-state index contributed by atoms with van der Waals surface area (Å²) in [5, 5.41) is 3.76. The van der Waals surface area contributed by atoms with Gasteiger partial charge in [-0.2, -0.15) is 0 Å². The number of nitrogens with one attached hydrogen (secondary N) is 1. The van der Waals surface area contributed by atoms with Crippen LogP contribution >= 0.6 is 11.6 Å². The van der Waals surface area contributed by atoms with Gasteiger partial charge < -0.3 is 10.2 Å². The first-order valence-corrected chi connectivity index (χ1v) is 8.24. The summed E-state index contributed by atoms with van der Waals surface area (Å²) in [6.07, 6.45) is 7.71. The Hall–Kier alpha value is -2.14. The summed E-state index contributed by atoms with van der Waals surface area (Å²) < 4.78 is 0. The highest BCUT2D eigenvalue weighted by Crippen LogP contribution is 2.17. The zero-order chi connectivity index (χ0) is 16.1. The molecule has 120 valence electrons. The Morgan fingerprint density at radius 2 is 1.61 bits per heavy atom. The molecule has 1 aliphatic heterocycles. The highest BCUT2D eigenvalue weighted by Gasteiger charge is 2.17. The van der Waals surface area contributed by atoms with Gasteiger partial charge >= 0.3 is 0 Å². The van der Waals surface area contributed by atoms with Gasteiger partial charge in [-0.05, 0) is 37.1 Å². The van der Waals surface area contributed by atoms with Crippen molar-refractivity contribution in [3.05, 3.63) is 47.2 Å². The monoisotopic (exact) mass is 330 g/mol. The molecular formula is C17H19ClN4O. The smallest absolute Gasteiger partial charge is 0.256 e. The van der Waals surface area contributed by atoms with E-state index in [1.807, 2.05) is 17.0 Å². The van der Waals surface area contributed by atoms with E-state index in [0.29, 0.717) is 16.5 Å². The Balaban J connectivity index is 1.66. The zero-order valence-electron chi connectivity index (χ0n) is 12.8. The largest absolute Gasteiger partial charge is 0.339 e. The van der Waals surface area contributed by atoms with Gasteiger partial charge in [-0.3, -0.25) is 4.79 Å². The predicted octanol–water partition coefficient (Wildman–Crippen LogP) is 3.89. The van der Waals surface area contributed by atoms with E-state index < -0.39 is 0 Å². The number of aromatic nitrogens is 2. The Labute approximate surface area is 140 Å². The van der Waals surface area contributed by atoms with Crippen molar-refractivity contribution in [1.29, 1.82) is 0 Å². The van der Waals surface area contributed by atoms with Gasteiger partial charge in [-0.25, -0.2) is 9.97 Å². The van der Waals surface area contributed by atoms with Crippen LogP contribution in [0.25, 0.3) is 0 Å². The molecule has 1 N–H and O–H groups in total. The number of likely N-dealkylation sites (tertiary alicyclic amines) is 1. The molecule has 0 saturated carbocycles. The maximum absolute atomic E-state index is 12.5. The van der Waals surface area contributed by atoms with Crippen molar-refractivity contribution in [3.63, 3.8) is 0 Å². The molecule has 0 radical (unpaired) electrons. The van der Waals surface area contributed by atoms with Gasteiger partial charge in [0.15, 0.2) is 0 Å². The molecule has 0 spiro atoms.